The number of hydrogen-bond acceptors (Lipinski definition) is 4. The van der Waals surface area contributed by atoms with E-state index in [1.165, 1.54) is 12.1 Å². The molecule has 102 valence electrons. The van der Waals surface area contributed by atoms with Gasteiger partial charge in [-0.15, -0.1) is 13.2 Å². The lowest BCUT2D eigenvalue weighted by Gasteiger charge is -2.16. The van der Waals surface area contributed by atoms with E-state index in [0.29, 0.717) is 0 Å². The van der Waals surface area contributed by atoms with E-state index in [1.54, 1.807) is 0 Å². The predicted octanol–water partition coefficient (Wildman–Crippen LogP) is 1.71. The third kappa shape index (κ3) is 5.24. The van der Waals surface area contributed by atoms with Gasteiger partial charge in [0.25, 0.3) is 0 Å². The highest BCUT2D eigenvalue weighted by Crippen LogP contribution is 2.26. The monoisotopic (exact) mass is 266 g/mol. The maximum atomic E-state index is 12.0. The van der Waals surface area contributed by atoms with Crippen LogP contribution in [0.25, 0.3) is 0 Å². The Kier molecular flexibility index (Phi) is 5.24. The van der Waals surface area contributed by atoms with Crippen molar-refractivity contribution in [1.29, 1.82) is 0 Å². The van der Waals surface area contributed by atoms with E-state index in [-0.39, 0.29) is 25.4 Å². The van der Waals surface area contributed by atoms with Crippen molar-refractivity contribution < 1.29 is 32.9 Å². The fraction of sp³-hybridized carbons (Fsp3) is 0.455. The second-order valence-corrected chi connectivity index (χ2v) is 3.46. The first-order valence-corrected chi connectivity index (χ1v) is 5.19. The fourth-order valence-electron chi connectivity index (χ4n) is 1.27. The molecule has 1 aromatic rings. The largest absolute Gasteiger partial charge is 0.573 e. The molecule has 0 amide bonds. The summed E-state index contributed by atoms with van der Waals surface area (Å²) in [6.45, 7) is -0.533. The van der Waals surface area contributed by atoms with Crippen molar-refractivity contribution in [2.75, 3.05) is 13.2 Å². The van der Waals surface area contributed by atoms with Gasteiger partial charge in [-0.05, 0) is 12.1 Å². The van der Waals surface area contributed by atoms with Gasteiger partial charge in [-0.3, -0.25) is 0 Å². The van der Waals surface area contributed by atoms with Crippen molar-refractivity contribution in [2.45, 2.75) is 18.9 Å². The fourth-order valence-corrected chi connectivity index (χ4v) is 1.27. The van der Waals surface area contributed by atoms with E-state index < -0.39 is 18.2 Å². The average molecular weight is 266 g/mol. The van der Waals surface area contributed by atoms with Gasteiger partial charge in [-0.2, -0.15) is 0 Å². The standard InChI is InChI=1S/C11H13F3O4/c12-11(13,14)18-9-3-1-2-8(6-9)17-10(7-16)4-5-15/h1-3,6,10,15-16H,4-5,7H2. The molecule has 0 bridgehead atoms. The van der Waals surface area contributed by atoms with E-state index >= 15 is 0 Å². The smallest absolute Gasteiger partial charge is 0.488 e. The molecule has 1 aromatic carbocycles. The summed E-state index contributed by atoms with van der Waals surface area (Å²) < 4.78 is 44.9. The lowest BCUT2D eigenvalue weighted by molar-refractivity contribution is -0.274. The number of aliphatic hydroxyl groups is 2. The van der Waals surface area contributed by atoms with Gasteiger partial charge >= 0.3 is 6.36 Å². The third-order valence-electron chi connectivity index (χ3n) is 2.00. The van der Waals surface area contributed by atoms with Crippen LogP contribution in [0.3, 0.4) is 0 Å². The second-order valence-electron chi connectivity index (χ2n) is 3.46. The van der Waals surface area contributed by atoms with Crippen molar-refractivity contribution in [3.8, 4) is 11.5 Å². The lowest BCUT2D eigenvalue weighted by atomic mass is 10.2. The molecule has 7 heteroatoms. The van der Waals surface area contributed by atoms with Gasteiger partial charge in [0.05, 0.1) is 6.61 Å². The SMILES string of the molecule is OCCC(CO)Oc1cccc(OC(F)(F)F)c1. The average Bonchev–Trinajstić information content (AvgIpc) is 2.26. The van der Waals surface area contributed by atoms with Gasteiger partial charge in [-0.25, -0.2) is 0 Å². The highest BCUT2D eigenvalue weighted by molar-refractivity contribution is 5.33. The number of hydrogen-bond donors (Lipinski definition) is 2. The van der Waals surface area contributed by atoms with Crippen LogP contribution in [-0.2, 0) is 0 Å². The molecule has 0 heterocycles. The predicted molar refractivity (Wildman–Crippen MR) is 56.3 cm³/mol. The molecule has 1 unspecified atom stereocenters. The number of ether oxygens (including phenoxy) is 2. The normalized spacial score (nSPS) is 13.2. The number of rotatable bonds is 6. The number of alkyl halides is 3. The maximum absolute atomic E-state index is 12.0. The van der Waals surface area contributed by atoms with Crippen molar-refractivity contribution in [1.82, 2.24) is 0 Å². The summed E-state index contributed by atoms with van der Waals surface area (Å²) in [6.07, 6.45) is -5.25. The zero-order chi connectivity index (χ0) is 13.6. The Bertz CT molecular complexity index is 368. The summed E-state index contributed by atoms with van der Waals surface area (Å²) in [5.74, 6) is -0.273. The van der Waals surface area contributed by atoms with Crippen LogP contribution in [-0.4, -0.2) is 35.9 Å². The zero-order valence-corrected chi connectivity index (χ0v) is 9.35. The number of halogens is 3. The molecular formula is C11H13F3O4. The molecule has 2 N–H and O–H groups in total. The van der Waals surface area contributed by atoms with Crippen LogP contribution in [0, 0.1) is 0 Å². The molecule has 0 radical (unpaired) electrons. The van der Waals surface area contributed by atoms with Gasteiger partial charge in [0, 0.05) is 19.1 Å². The minimum atomic E-state index is -4.76. The Morgan fingerprint density at radius 2 is 1.83 bits per heavy atom. The molecule has 0 aliphatic carbocycles. The molecule has 18 heavy (non-hydrogen) atoms. The van der Waals surface area contributed by atoms with E-state index in [1.807, 2.05) is 0 Å². The number of aliphatic hydroxyl groups excluding tert-OH is 2. The summed E-state index contributed by atoms with van der Waals surface area (Å²) in [4.78, 5) is 0. The Morgan fingerprint density at radius 1 is 1.17 bits per heavy atom. The van der Waals surface area contributed by atoms with Gasteiger partial charge in [-0.1, -0.05) is 6.07 Å². The Morgan fingerprint density at radius 3 is 2.39 bits per heavy atom. The molecule has 0 fully saturated rings. The first-order valence-electron chi connectivity index (χ1n) is 5.19. The molecule has 0 saturated heterocycles. The highest BCUT2D eigenvalue weighted by Gasteiger charge is 2.31. The number of benzene rings is 1. The van der Waals surface area contributed by atoms with Gasteiger partial charge in [0.2, 0.25) is 0 Å². The first-order chi connectivity index (χ1) is 8.44. The van der Waals surface area contributed by atoms with Crippen molar-refractivity contribution >= 4 is 0 Å². The first kappa shape index (κ1) is 14.6. The molecule has 0 aromatic heterocycles. The molecule has 0 aliphatic rings. The molecule has 0 saturated carbocycles. The Hall–Kier alpha value is -1.47. The van der Waals surface area contributed by atoms with Crippen LogP contribution in [0.2, 0.25) is 0 Å². The summed E-state index contributed by atoms with van der Waals surface area (Å²) in [6, 6.07) is 4.97. The maximum Gasteiger partial charge on any atom is 0.573 e. The van der Waals surface area contributed by atoms with Crippen molar-refractivity contribution in [3.05, 3.63) is 24.3 Å². The van der Waals surface area contributed by atoms with E-state index in [2.05, 4.69) is 4.74 Å². The summed E-state index contributed by atoms with van der Waals surface area (Å²) >= 11 is 0. The topological polar surface area (TPSA) is 58.9 Å². The molecular weight excluding hydrogens is 253 g/mol. The van der Waals surface area contributed by atoms with E-state index in [0.717, 1.165) is 12.1 Å². The van der Waals surface area contributed by atoms with Crippen LogP contribution in [0.15, 0.2) is 24.3 Å². The van der Waals surface area contributed by atoms with Gasteiger partial charge in [0.15, 0.2) is 0 Å². The molecule has 4 nitrogen and oxygen atoms in total. The van der Waals surface area contributed by atoms with Crippen LogP contribution in [0.5, 0.6) is 11.5 Å². The lowest BCUT2D eigenvalue weighted by Crippen LogP contribution is -2.22. The molecule has 1 atom stereocenters. The van der Waals surface area contributed by atoms with Crippen LogP contribution in [0.4, 0.5) is 13.2 Å². The molecule has 0 aliphatic heterocycles. The zero-order valence-electron chi connectivity index (χ0n) is 9.35. The van der Waals surface area contributed by atoms with Crippen LogP contribution >= 0.6 is 0 Å². The Balaban J connectivity index is 2.69. The quantitative estimate of drug-likeness (QED) is 0.823. The molecule has 1 rings (SSSR count). The van der Waals surface area contributed by atoms with Crippen LogP contribution < -0.4 is 9.47 Å². The van der Waals surface area contributed by atoms with Gasteiger partial charge in [0.1, 0.15) is 17.6 Å². The van der Waals surface area contributed by atoms with Crippen molar-refractivity contribution in [3.63, 3.8) is 0 Å². The van der Waals surface area contributed by atoms with Gasteiger partial charge < -0.3 is 19.7 Å². The van der Waals surface area contributed by atoms with Crippen molar-refractivity contribution in [2.24, 2.45) is 0 Å². The molecule has 0 spiro atoms. The highest BCUT2D eigenvalue weighted by atomic mass is 19.4. The second kappa shape index (κ2) is 6.46. The summed E-state index contributed by atoms with van der Waals surface area (Å²) in [5, 5.41) is 17.6. The van der Waals surface area contributed by atoms with Crippen LogP contribution in [0.1, 0.15) is 6.42 Å². The minimum absolute atomic E-state index is 0.129. The summed E-state index contributed by atoms with van der Waals surface area (Å²) in [5.41, 5.74) is 0. The van der Waals surface area contributed by atoms with E-state index in [9.17, 15) is 13.2 Å². The Labute approximate surface area is 102 Å². The third-order valence-corrected chi connectivity index (χ3v) is 2.00. The van der Waals surface area contributed by atoms with E-state index in [4.69, 9.17) is 14.9 Å². The minimum Gasteiger partial charge on any atom is -0.488 e. The summed E-state index contributed by atoms with van der Waals surface area (Å²) in [7, 11) is 0.